The molecule has 0 saturated heterocycles. The molecule has 2 aliphatic rings. The third kappa shape index (κ3) is 5.53. The Morgan fingerprint density at radius 2 is 1.07 bits per heavy atom. The highest BCUT2D eigenvalue weighted by molar-refractivity contribution is 8.33. The lowest BCUT2D eigenvalue weighted by molar-refractivity contribution is -0.128. The van der Waals surface area contributed by atoms with Crippen LogP contribution in [0.4, 0.5) is 0 Å². The molecule has 0 heterocycles. The number of Topliss-reactive ketones (excluding diaryl/α,β-unsaturated/α-hetero) is 1. The summed E-state index contributed by atoms with van der Waals surface area (Å²) in [6, 6.07) is 24.8. The van der Waals surface area contributed by atoms with Crippen molar-refractivity contribution in [2.45, 2.75) is 107 Å². The lowest BCUT2D eigenvalue weighted by atomic mass is 9.70. The molecular weight excluding hydrogens is 573 g/mol. The van der Waals surface area contributed by atoms with Gasteiger partial charge in [-0.05, 0) is 105 Å². The maximum absolute atomic E-state index is 14.5. The van der Waals surface area contributed by atoms with Crippen molar-refractivity contribution in [2.24, 2.45) is 16.7 Å². The zero-order chi connectivity index (χ0) is 31.4. The molecule has 2 bridgehead atoms. The molecule has 6 heteroatoms. The second-order valence-electron chi connectivity index (χ2n) is 14.2. The zero-order valence-corrected chi connectivity index (χ0v) is 28.6. The van der Waals surface area contributed by atoms with Crippen LogP contribution in [0.1, 0.15) is 109 Å². The van der Waals surface area contributed by atoms with E-state index in [2.05, 4.69) is 91.8 Å². The van der Waals surface area contributed by atoms with Gasteiger partial charge in [0.2, 0.25) is 0 Å². The fourth-order valence-electron chi connectivity index (χ4n) is 7.25. The summed E-state index contributed by atoms with van der Waals surface area (Å²) in [5.41, 5.74) is 2.25. The fourth-order valence-corrected chi connectivity index (χ4v) is 13.3. The molecule has 3 aromatic rings. The number of benzene rings is 3. The first-order valence-corrected chi connectivity index (χ1v) is 18.9. The van der Waals surface area contributed by atoms with Gasteiger partial charge in [-0.3, -0.25) is 4.79 Å². The van der Waals surface area contributed by atoms with Gasteiger partial charge in [0.15, 0.2) is 0 Å². The van der Waals surface area contributed by atoms with Crippen LogP contribution in [0.15, 0.2) is 87.5 Å². The van der Waals surface area contributed by atoms with Crippen LogP contribution in [-0.4, -0.2) is 20.0 Å². The van der Waals surface area contributed by atoms with E-state index in [1.807, 2.05) is 36.4 Å². The highest BCUT2D eigenvalue weighted by atomic mass is 32.3. The zero-order valence-electron chi connectivity index (χ0n) is 27.0. The maximum atomic E-state index is 14.5. The Morgan fingerprint density at radius 1 is 0.698 bits per heavy atom. The summed E-state index contributed by atoms with van der Waals surface area (Å²) in [6.45, 7) is 17.1. The summed E-state index contributed by atoms with van der Waals surface area (Å²) in [4.78, 5) is 15.9. The van der Waals surface area contributed by atoms with Gasteiger partial charge in [0.1, 0.15) is 5.78 Å². The molecule has 232 valence electrons. The first kappa shape index (κ1) is 32.0. The van der Waals surface area contributed by atoms with Crippen molar-refractivity contribution >= 4 is 26.2 Å². The van der Waals surface area contributed by atoms with E-state index >= 15 is 0 Å². The van der Waals surface area contributed by atoms with Gasteiger partial charge in [-0.1, -0.05) is 91.8 Å². The summed E-state index contributed by atoms with van der Waals surface area (Å²) >= 11 is 0. The summed E-state index contributed by atoms with van der Waals surface area (Å²) in [7, 11) is -6.91. The smallest absolute Gasteiger partial charge is 0.278 e. The Balaban J connectivity index is 1.72. The quantitative estimate of drug-likeness (QED) is 0.226. The largest absolute Gasteiger partial charge is 0.299 e. The Hall–Kier alpha value is -2.41. The lowest BCUT2D eigenvalue weighted by Gasteiger charge is -2.42. The molecule has 5 rings (SSSR count). The molecule has 2 aliphatic carbocycles. The average molecular weight is 621 g/mol. The first-order valence-electron chi connectivity index (χ1n) is 15.7. The Kier molecular flexibility index (Phi) is 8.56. The molecule has 0 aromatic heterocycles. The van der Waals surface area contributed by atoms with Gasteiger partial charge in [-0.2, -0.15) is 8.42 Å². The van der Waals surface area contributed by atoms with Crippen LogP contribution in [0, 0.1) is 16.7 Å². The minimum Gasteiger partial charge on any atom is -0.299 e. The van der Waals surface area contributed by atoms with Crippen LogP contribution in [0.25, 0.3) is 0 Å². The molecule has 0 N–H and O–H groups in total. The molecule has 0 aliphatic heterocycles. The van der Waals surface area contributed by atoms with Gasteiger partial charge in [-0.15, -0.1) is 0 Å². The number of rotatable bonds is 10. The van der Waals surface area contributed by atoms with Gasteiger partial charge in [0.25, 0.3) is 10.1 Å². The number of carbonyl (C=O) groups is 1. The van der Waals surface area contributed by atoms with Crippen LogP contribution in [0.3, 0.4) is 0 Å². The number of hydrogen-bond acceptors (Lipinski definition) is 4. The molecule has 3 aromatic carbocycles. The van der Waals surface area contributed by atoms with Gasteiger partial charge >= 0.3 is 0 Å². The minimum atomic E-state index is -4.18. The summed E-state index contributed by atoms with van der Waals surface area (Å²) in [5.74, 6) is 1.03. The molecule has 0 amide bonds. The van der Waals surface area contributed by atoms with E-state index in [0.717, 1.165) is 21.1 Å². The Labute approximate surface area is 261 Å². The van der Waals surface area contributed by atoms with E-state index in [1.165, 1.54) is 16.7 Å². The Morgan fingerprint density at radius 3 is 1.35 bits per heavy atom. The molecule has 2 saturated carbocycles. The predicted molar refractivity (Wildman–Crippen MR) is 177 cm³/mol. The lowest BCUT2D eigenvalue weighted by Crippen LogP contribution is -2.42. The van der Waals surface area contributed by atoms with Crippen LogP contribution in [-0.2, 0) is 18.5 Å². The third-order valence-corrected chi connectivity index (χ3v) is 15.7. The predicted octanol–water partition coefficient (Wildman–Crippen LogP) is 10.00. The maximum Gasteiger partial charge on any atom is 0.278 e. The topological polar surface area (TPSA) is 60.4 Å². The van der Waals surface area contributed by atoms with E-state index in [-0.39, 0.29) is 22.9 Å². The average Bonchev–Trinajstić information content (AvgIpc) is 3.30. The number of ketones is 1. The fraction of sp³-hybridized carbons (Fsp3) is 0.486. The van der Waals surface area contributed by atoms with Gasteiger partial charge < -0.3 is 0 Å². The highest BCUT2D eigenvalue weighted by Gasteiger charge is 2.65. The van der Waals surface area contributed by atoms with Gasteiger partial charge in [0.05, 0.1) is 11.2 Å². The summed E-state index contributed by atoms with van der Waals surface area (Å²) in [6.07, 6.45) is 1.95. The van der Waals surface area contributed by atoms with Crippen LogP contribution < -0.4 is 0 Å². The van der Waals surface area contributed by atoms with Crippen molar-refractivity contribution in [2.75, 3.05) is 5.75 Å². The SMILES string of the molecule is CC(C)c1ccc(S(OS(=O)(=O)CC23CCC(CC2=O)C3(C)C)(c2ccc(C(C)C)cc2)c2ccc(C(C)C)cc2)cc1. The van der Waals surface area contributed by atoms with Gasteiger partial charge in [-0.25, -0.2) is 3.63 Å². The first-order chi connectivity index (χ1) is 20.1. The van der Waals surface area contributed by atoms with E-state index in [1.54, 1.807) is 0 Å². The molecule has 2 fully saturated rings. The molecule has 0 radical (unpaired) electrons. The van der Waals surface area contributed by atoms with E-state index in [0.29, 0.717) is 30.6 Å². The van der Waals surface area contributed by atoms with E-state index in [9.17, 15) is 13.2 Å². The van der Waals surface area contributed by atoms with Gasteiger partial charge in [0, 0.05) is 21.1 Å². The van der Waals surface area contributed by atoms with Crippen molar-refractivity contribution in [3.05, 3.63) is 89.5 Å². The monoisotopic (exact) mass is 620 g/mol. The second kappa shape index (κ2) is 11.5. The molecule has 2 atom stereocenters. The van der Waals surface area contributed by atoms with Crippen molar-refractivity contribution in [1.82, 2.24) is 0 Å². The molecule has 2 unspecified atom stereocenters. The number of hydrogen-bond donors (Lipinski definition) is 0. The summed E-state index contributed by atoms with van der Waals surface area (Å²) < 4.78 is 35.8. The van der Waals surface area contributed by atoms with E-state index in [4.69, 9.17) is 3.63 Å². The van der Waals surface area contributed by atoms with Crippen molar-refractivity contribution in [3.8, 4) is 0 Å². The minimum absolute atomic E-state index is 0.0744. The third-order valence-electron chi connectivity index (χ3n) is 10.4. The van der Waals surface area contributed by atoms with Crippen molar-refractivity contribution < 1.29 is 16.8 Å². The highest BCUT2D eigenvalue weighted by Crippen LogP contribution is 2.71. The molecule has 43 heavy (non-hydrogen) atoms. The van der Waals surface area contributed by atoms with Crippen LogP contribution in [0.2, 0.25) is 0 Å². The second-order valence-corrected chi connectivity index (χ2v) is 18.6. The van der Waals surface area contributed by atoms with Crippen LogP contribution in [0.5, 0.6) is 0 Å². The number of carbonyl (C=O) groups excluding carboxylic acids is 1. The molecular formula is C37H48O4S2. The van der Waals surface area contributed by atoms with Crippen LogP contribution >= 0.6 is 10.3 Å². The molecule has 4 nitrogen and oxygen atoms in total. The summed E-state index contributed by atoms with van der Waals surface area (Å²) in [5, 5.41) is 0. The Bertz CT molecular complexity index is 1440. The standard InChI is InChI=1S/C37H48O4S2/c1-25(2)28-9-15-32(16-10-28)43(33-17-11-29(12-18-33)26(3)4,34-19-13-30(14-20-34)27(5)6)41-42(39,40)24-37-22-21-31(23-35(37)38)36(37,7)8/h9-20,25-27,31H,21-24H2,1-8H3. The van der Waals surface area contributed by atoms with E-state index < -0.39 is 25.8 Å². The van der Waals surface area contributed by atoms with Crippen molar-refractivity contribution in [1.29, 1.82) is 0 Å². The number of fused-ring (bicyclic) bond motifs is 2. The van der Waals surface area contributed by atoms with Crippen molar-refractivity contribution in [3.63, 3.8) is 0 Å². The normalized spacial score (nSPS) is 22.2. The molecule has 0 spiro atoms.